The molecule has 0 amide bonds. The van der Waals surface area contributed by atoms with E-state index in [9.17, 15) is 9.13 Å². The van der Waals surface area contributed by atoms with Crippen LogP contribution in [0.25, 0.3) is 0 Å². The van der Waals surface area contributed by atoms with Crippen LogP contribution in [0.5, 0.6) is 0 Å². The summed E-state index contributed by atoms with van der Waals surface area (Å²) in [5.41, 5.74) is 0.713. The smallest absolute Gasteiger partial charge is 0.481 e. The van der Waals surface area contributed by atoms with Crippen molar-refractivity contribution >= 4 is 16.5 Å². The maximum absolute atomic E-state index is 9.39. The first-order valence-electron chi connectivity index (χ1n) is 3.95. The quantitative estimate of drug-likeness (QED) is 0.451. The highest BCUT2D eigenvalue weighted by molar-refractivity contribution is 7.46. The van der Waals surface area contributed by atoms with Crippen molar-refractivity contribution in [3.63, 3.8) is 0 Å². The predicted octanol–water partition coefficient (Wildman–Crippen LogP) is 2.44. The molecule has 15 heavy (non-hydrogen) atoms. The lowest BCUT2D eigenvalue weighted by molar-refractivity contribution is 0.182. The summed E-state index contributed by atoms with van der Waals surface area (Å²) in [6.45, 7) is 3.79. The maximum Gasteiger partial charge on any atom is 0.745 e. The van der Waals surface area contributed by atoms with Gasteiger partial charge in [0.05, 0.1) is 0 Å². The minimum atomic E-state index is -2.92. The van der Waals surface area contributed by atoms with Crippen LogP contribution in [0.3, 0.4) is 0 Å². The number of aliphatic hydroxyl groups excluding tert-OH is 1. The van der Waals surface area contributed by atoms with Crippen LogP contribution in [0.1, 0.15) is 26.7 Å². The number of hydrogen-bond acceptors (Lipinski definition) is 5. The van der Waals surface area contributed by atoms with Gasteiger partial charge in [0.1, 0.15) is 0 Å². The van der Waals surface area contributed by atoms with Crippen molar-refractivity contribution in [3.05, 3.63) is 11.5 Å². The van der Waals surface area contributed by atoms with E-state index in [-0.39, 0.29) is 0 Å². The second kappa shape index (κ2) is 9.96. The Kier molecular flexibility index (Phi) is 11.2. The molecule has 0 aromatic heterocycles. The fourth-order valence-electron chi connectivity index (χ4n) is 0.626. The summed E-state index contributed by atoms with van der Waals surface area (Å²) in [4.78, 5) is 15.3. The molecule has 0 fully saturated rings. The van der Waals surface area contributed by atoms with E-state index in [0.29, 0.717) is 5.57 Å². The van der Waals surface area contributed by atoms with Gasteiger partial charge in [-0.05, 0) is 12.8 Å². The summed E-state index contributed by atoms with van der Waals surface area (Å²) in [5, 5.41) is 16.9. The zero-order valence-corrected chi connectivity index (χ0v) is 10.1. The SMILES string of the molecule is CCC(CC)=C(O)O.O=[P+](O)O[P+](=O)O. The van der Waals surface area contributed by atoms with Gasteiger partial charge < -0.3 is 10.2 Å². The highest BCUT2D eigenvalue weighted by Gasteiger charge is 2.31. The zero-order chi connectivity index (χ0) is 12.4. The predicted molar refractivity (Wildman–Crippen MR) is 53.6 cm³/mol. The topological polar surface area (TPSA) is 124 Å². The van der Waals surface area contributed by atoms with E-state index < -0.39 is 22.5 Å². The molecule has 0 rings (SSSR count). The Morgan fingerprint density at radius 3 is 1.40 bits per heavy atom. The molecule has 0 aliphatic rings. The van der Waals surface area contributed by atoms with E-state index >= 15 is 0 Å². The van der Waals surface area contributed by atoms with Crippen molar-refractivity contribution in [3.8, 4) is 0 Å². The lowest BCUT2D eigenvalue weighted by Crippen LogP contribution is -1.86. The van der Waals surface area contributed by atoms with Crippen LogP contribution in [0.15, 0.2) is 11.5 Å². The summed E-state index contributed by atoms with van der Waals surface area (Å²) in [6.07, 6.45) is 1.44. The van der Waals surface area contributed by atoms with Crippen molar-refractivity contribution in [2.45, 2.75) is 26.7 Å². The number of allylic oxidation sites excluding steroid dienone is 1. The fraction of sp³-hybridized carbons (Fsp3) is 0.667. The third kappa shape index (κ3) is 13.4. The van der Waals surface area contributed by atoms with Crippen LogP contribution < -0.4 is 0 Å². The average molecular weight is 260 g/mol. The molecule has 2 unspecified atom stereocenters. The largest absolute Gasteiger partial charge is 0.745 e. The molecular formula is C6H14O7P2+2. The molecule has 4 N–H and O–H groups in total. The van der Waals surface area contributed by atoms with E-state index in [0.717, 1.165) is 12.8 Å². The zero-order valence-electron chi connectivity index (χ0n) is 8.32. The summed E-state index contributed by atoms with van der Waals surface area (Å²) < 4.78 is 22.2. The van der Waals surface area contributed by atoms with Crippen molar-refractivity contribution in [2.75, 3.05) is 0 Å². The second-order valence-corrected chi connectivity index (χ2v) is 3.80. The molecule has 0 aromatic rings. The average Bonchev–Trinajstić information content (AvgIpc) is 2.03. The van der Waals surface area contributed by atoms with Gasteiger partial charge in [0.2, 0.25) is 0 Å². The standard InChI is InChI=1S/C6H12O2.O5P2/c1-3-5(4-2)6(7)8;1-6(2)5-7(3)4/h7-8H,3-4H2,1-2H3;/p+2. The van der Waals surface area contributed by atoms with Gasteiger partial charge in [-0.15, -0.1) is 9.79 Å². The van der Waals surface area contributed by atoms with Gasteiger partial charge in [-0.2, -0.15) is 0 Å². The van der Waals surface area contributed by atoms with E-state index in [1.807, 2.05) is 13.8 Å². The molecule has 0 heterocycles. The highest BCUT2D eigenvalue weighted by Crippen LogP contribution is 2.30. The van der Waals surface area contributed by atoms with Crippen LogP contribution in [0.4, 0.5) is 0 Å². The molecule has 7 nitrogen and oxygen atoms in total. The lowest BCUT2D eigenvalue weighted by Gasteiger charge is -1.96. The summed E-state index contributed by atoms with van der Waals surface area (Å²) in [5.74, 6) is -0.505. The third-order valence-electron chi connectivity index (χ3n) is 1.31. The molecule has 0 saturated heterocycles. The van der Waals surface area contributed by atoms with E-state index in [1.54, 1.807) is 0 Å². The first-order chi connectivity index (χ1) is 6.84. The molecule has 0 radical (unpaired) electrons. The second-order valence-electron chi connectivity index (χ2n) is 2.19. The normalized spacial score (nSPS) is 10.9. The van der Waals surface area contributed by atoms with Gasteiger partial charge in [-0.25, -0.2) is 0 Å². The maximum atomic E-state index is 9.39. The van der Waals surface area contributed by atoms with Gasteiger partial charge in [-0.1, -0.05) is 13.8 Å². The molecule has 0 spiro atoms. The number of hydrogen-bond donors (Lipinski definition) is 4. The monoisotopic (exact) mass is 260 g/mol. The Bertz CT molecular complexity index is 228. The minimum Gasteiger partial charge on any atom is -0.481 e. The first kappa shape index (κ1) is 16.8. The molecule has 2 atom stereocenters. The molecule has 0 aromatic carbocycles. The van der Waals surface area contributed by atoms with Crippen LogP contribution in [-0.4, -0.2) is 20.0 Å². The Balaban J connectivity index is 0. The summed E-state index contributed by atoms with van der Waals surface area (Å²) in [7, 11) is -5.85. The molecule has 0 aliphatic carbocycles. The Morgan fingerprint density at radius 1 is 1.07 bits per heavy atom. The molecule has 88 valence electrons. The molecule has 0 bridgehead atoms. The van der Waals surface area contributed by atoms with Crippen LogP contribution in [0.2, 0.25) is 0 Å². The van der Waals surface area contributed by atoms with Gasteiger partial charge in [0.25, 0.3) is 5.95 Å². The number of aliphatic hydroxyl groups is 2. The fourth-order valence-corrected chi connectivity index (χ4v) is 1.10. The molecule has 9 heteroatoms. The first-order valence-corrected chi connectivity index (χ1v) is 6.21. The summed E-state index contributed by atoms with van der Waals surface area (Å²) >= 11 is 0. The van der Waals surface area contributed by atoms with Crippen molar-refractivity contribution in [2.24, 2.45) is 0 Å². The number of rotatable bonds is 4. The van der Waals surface area contributed by atoms with Crippen molar-refractivity contribution < 1.29 is 33.4 Å². The highest BCUT2D eigenvalue weighted by atomic mass is 31.2. The van der Waals surface area contributed by atoms with E-state index in [4.69, 9.17) is 20.0 Å². The van der Waals surface area contributed by atoms with Gasteiger partial charge in [0, 0.05) is 14.7 Å². The van der Waals surface area contributed by atoms with Gasteiger partial charge in [-0.3, -0.25) is 0 Å². The molecular weight excluding hydrogens is 246 g/mol. The van der Waals surface area contributed by atoms with Crippen LogP contribution >= 0.6 is 16.5 Å². The third-order valence-corrected chi connectivity index (χ3v) is 2.43. The van der Waals surface area contributed by atoms with Crippen molar-refractivity contribution in [1.29, 1.82) is 0 Å². The Morgan fingerprint density at radius 2 is 1.40 bits per heavy atom. The van der Waals surface area contributed by atoms with E-state index in [1.165, 1.54) is 0 Å². The molecule has 0 aliphatic heterocycles. The van der Waals surface area contributed by atoms with Gasteiger partial charge in [0.15, 0.2) is 4.31 Å². The van der Waals surface area contributed by atoms with Crippen LogP contribution in [0, 0.1) is 0 Å². The Hall–Kier alpha value is -0.580. The summed E-state index contributed by atoms with van der Waals surface area (Å²) in [6, 6.07) is 0. The van der Waals surface area contributed by atoms with Gasteiger partial charge >= 0.3 is 16.5 Å². The van der Waals surface area contributed by atoms with Crippen LogP contribution in [-0.2, 0) is 13.4 Å². The lowest BCUT2D eigenvalue weighted by atomic mass is 10.2. The van der Waals surface area contributed by atoms with Crippen molar-refractivity contribution in [1.82, 2.24) is 0 Å². The van der Waals surface area contributed by atoms with E-state index in [2.05, 4.69) is 4.31 Å². The Labute approximate surface area is 88.9 Å². The molecule has 0 saturated carbocycles. The minimum absolute atomic E-state index is 0.505.